The lowest BCUT2D eigenvalue weighted by molar-refractivity contribution is 0.228. The molecule has 0 saturated carbocycles. The number of hydrogen-bond donors (Lipinski definition) is 1. The van der Waals surface area contributed by atoms with Gasteiger partial charge < -0.3 is 10.5 Å². The second-order valence-corrected chi connectivity index (χ2v) is 8.31. The number of rotatable bonds is 6. The summed E-state index contributed by atoms with van der Waals surface area (Å²) in [6.45, 7) is 6.35. The smallest absolute Gasteiger partial charge is 0.166 e. The minimum atomic E-state index is -0.375. The first kappa shape index (κ1) is 21.0. The first-order valence-corrected chi connectivity index (χ1v) is 10.8. The van der Waals surface area contributed by atoms with E-state index in [0.717, 1.165) is 29.8 Å². The first-order valence-electron chi connectivity index (χ1n) is 10.1. The normalized spacial score (nSPS) is 15.3. The molecule has 1 aliphatic rings. The molecule has 0 unspecified atom stereocenters. The summed E-state index contributed by atoms with van der Waals surface area (Å²) in [5.41, 5.74) is 9.99. The summed E-state index contributed by atoms with van der Waals surface area (Å²) < 4.78 is 6.12. The van der Waals surface area contributed by atoms with Crippen molar-refractivity contribution in [2.45, 2.75) is 25.9 Å². The van der Waals surface area contributed by atoms with Crippen molar-refractivity contribution in [1.29, 1.82) is 0 Å². The molecular formula is C24H24Cl2N3O. The van der Waals surface area contributed by atoms with Crippen molar-refractivity contribution in [3.63, 3.8) is 0 Å². The fourth-order valence-electron chi connectivity index (χ4n) is 3.74. The molecule has 1 saturated heterocycles. The molecule has 4 rings (SSSR count). The van der Waals surface area contributed by atoms with E-state index >= 15 is 0 Å². The third-order valence-electron chi connectivity index (χ3n) is 5.28. The van der Waals surface area contributed by atoms with Gasteiger partial charge in [0.15, 0.2) is 11.6 Å². The number of nitrogens with two attached hydrogens (primary N) is 1. The molecule has 6 heteroatoms. The van der Waals surface area contributed by atoms with E-state index < -0.39 is 0 Å². The van der Waals surface area contributed by atoms with E-state index in [2.05, 4.69) is 40.7 Å². The highest BCUT2D eigenvalue weighted by molar-refractivity contribution is 6.36. The highest BCUT2D eigenvalue weighted by atomic mass is 35.5. The van der Waals surface area contributed by atoms with Crippen LogP contribution in [-0.4, -0.2) is 23.0 Å². The Morgan fingerprint density at radius 1 is 1.03 bits per heavy atom. The van der Waals surface area contributed by atoms with Crippen molar-refractivity contribution >= 4 is 29.0 Å². The number of ether oxygens (including phenoxy) is 1. The largest absolute Gasteiger partial charge is 0.482 e. The van der Waals surface area contributed by atoms with Gasteiger partial charge in [0.05, 0.1) is 6.54 Å². The molecule has 0 spiro atoms. The minimum Gasteiger partial charge on any atom is -0.482 e. The number of nitrogen functional groups attached to an aromatic ring is 1. The van der Waals surface area contributed by atoms with Crippen molar-refractivity contribution in [3.05, 3.63) is 82.4 Å². The summed E-state index contributed by atoms with van der Waals surface area (Å²) in [5.74, 6) is 0.832. The lowest BCUT2D eigenvalue weighted by atomic mass is 10.0. The average Bonchev–Trinajstić information content (AvgIpc) is 3.23. The predicted octanol–water partition coefficient (Wildman–Crippen LogP) is 6.38. The van der Waals surface area contributed by atoms with Crippen LogP contribution in [0.25, 0.3) is 11.1 Å². The quantitative estimate of drug-likeness (QED) is 0.482. The Morgan fingerprint density at radius 2 is 1.73 bits per heavy atom. The van der Waals surface area contributed by atoms with E-state index in [4.69, 9.17) is 33.7 Å². The van der Waals surface area contributed by atoms with Gasteiger partial charge in [-0.25, -0.2) is 4.98 Å². The number of benzene rings is 2. The molecule has 1 radical (unpaired) electrons. The van der Waals surface area contributed by atoms with Crippen molar-refractivity contribution in [2.24, 2.45) is 0 Å². The average molecular weight is 441 g/mol. The number of pyridine rings is 1. The van der Waals surface area contributed by atoms with Gasteiger partial charge in [-0.2, -0.15) is 0 Å². The molecule has 1 atom stereocenters. The van der Waals surface area contributed by atoms with Gasteiger partial charge in [-0.15, -0.1) is 0 Å². The van der Waals surface area contributed by atoms with E-state index in [1.54, 1.807) is 18.3 Å². The molecule has 3 aromatic rings. The standard InChI is InChI=1S/C24H24Cl2N3O/c1-16(23-20(25)8-5-9-21(23)26)30-22-13-19(14-28-24(22)27)18-7-4-6-17(12-18)15-29-10-2-3-11-29/h4-9,12-16H,2-3,10-11H2,1H3,(H2,27,28)/t16-/m0/s1. The van der Waals surface area contributed by atoms with E-state index in [1.807, 2.05) is 19.1 Å². The maximum absolute atomic E-state index is 6.33. The molecule has 2 heterocycles. The maximum atomic E-state index is 6.33. The summed E-state index contributed by atoms with van der Waals surface area (Å²) in [5, 5.41) is 1.12. The predicted molar refractivity (Wildman–Crippen MR) is 124 cm³/mol. The number of aromatic nitrogens is 1. The Labute approximate surface area is 187 Å². The van der Waals surface area contributed by atoms with Crippen LogP contribution in [0.1, 0.15) is 37.0 Å². The molecule has 0 amide bonds. The van der Waals surface area contributed by atoms with E-state index in [-0.39, 0.29) is 6.10 Å². The number of hydrogen-bond acceptors (Lipinski definition) is 4. The monoisotopic (exact) mass is 440 g/mol. The summed E-state index contributed by atoms with van der Waals surface area (Å²) >= 11 is 12.7. The lowest BCUT2D eigenvalue weighted by Gasteiger charge is -2.19. The first-order chi connectivity index (χ1) is 14.5. The van der Waals surface area contributed by atoms with Gasteiger partial charge in [0.1, 0.15) is 6.10 Å². The molecule has 155 valence electrons. The van der Waals surface area contributed by atoms with Crippen LogP contribution in [-0.2, 0) is 0 Å². The molecule has 2 N–H and O–H groups in total. The summed E-state index contributed by atoms with van der Waals surface area (Å²) in [6, 6.07) is 15.7. The molecule has 1 aliphatic heterocycles. The van der Waals surface area contributed by atoms with Crippen LogP contribution in [0.4, 0.5) is 5.82 Å². The molecule has 2 aromatic carbocycles. The van der Waals surface area contributed by atoms with Crippen LogP contribution >= 0.6 is 23.2 Å². The second kappa shape index (κ2) is 9.25. The Balaban J connectivity index is 1.57. The fraction of sp³-hybridized carbons (Fsp3) is 0.250. The lowest BCUT2D eigenvalue weighted by Crippen LogP contribution is -2.15. The highest BCUT2D eigenvalue weighted by Crippen LogP contribution is 2.36. The Hall–Kier alpha value is -2.27. The number of nitrogens with zero attached hydrogens (tertiary/aromatic N) is 2. The molecule has 4 nitrogen and oxygen atoms in total. The summed E-state index contributed by atoms with van der Waals surface area (Å²) in [6.07, 6.45) is 3.91. The zero-order chi connectivity index (χ0) is 21.1. The minimum absolute atomic E-state index is 0.327. The van der Waals surface area contributed by atoms with E-state index in [1.165, 1.54) is 18.4 Å². The van der Waals surface area contributed by atoms with Gasteiger partial charge in [-0.1, -0.05) is 47.5 Å². The van der Waals surface area contributed by atoms with Crippen LogP contribution < -0.4 is 10.5 Å². The zero-order valence-corrected chi connectivity index (χ0v) is 18.3. The van der Waals surface area contributed by atoms with Crippen LogP contribution in [0, 0.1) is 6.54 Å². The van der Waals surface area contributed by atoms with Crippen LogP contribution in [0.2, 0.25) is 10.0 Å². The van der Waals surface area contributed by atoms with E-state index in [0.29, 0.717) is 21.6 Å². The van der Waals surface area contributed by atoms with Crippen molar-refractivity contribution < 1.29 is 4.74 Å². The van der Waals surface area contributed by atoms with Gasteiger partial charge in [0.25, 0.3) is 0 Å². The van der Waals surface area contributed by atoms with Gasteiger partial charge in [-0.05, 0) is 68.2 Å². The van der Waals surface area contributed by atoms with Crippen LogP contribution in [0.3, 0.4) is 0 Å². The SMILES string of the molecule is C[C@H](Oc1cc(-c2cccc([CH]N3CCCC3)c2)cnc1N)c1c(Cl)cccc1Cl. The zero-order valence-electron chi connectivity index (χ0n) is 16.8. The highest BCUT2D eigenvalue weighted by Gasteiger charge is 2.18. The molecule has 0 bridgehead atoms. The molecule has 30 heavy (non-hydrogen) atoms. The Morgan fingerprint density at radius 3 is 2.47 bits per heavy atom. The Bertz CT molecular complexity index is 1010. The number of halogens is 2. The molecule has 1 aromatic heterocycles. The van der Waals surface area contributed by atoms with E-state index in [9.17, 15) is 0 Å². The third-order valence-corrected chi connectivity index (χ3v) is 5.94. The van der Waals surface area contributed by atoms with Gasteiger partial charge in [0, 0.05) is 27.4 Å². The number of likely N-dealkylation sites (tertiary alicyclic amines) is 1. The fourth-order valence-corrected chi connectivity index (χ4v) is 4.44. The van der Waals surface area contributed by atoms with Crippen LogP contribution in [0.15, 0.2) is 54.7 Å². The topological polar surface area (TPSA) is 51.4 Å². The van der Waals surface area contributed by atoms with Gasteiger partial charge in [0.2, 0.25) is 0 Å². The maximum Gasteiger partial charge on any atom is 0.166 e. The molecule has 0 aliphatic carbocycles. The van der Waals surface area contributed by atoms with Crippen molar-refractivity contribution in [1.82, 2.24) is 9.88 Å². The number of anilines is 1. The van der Waals surface area contributed by atoms with Gasteiger partial charge in [-0.3, -0.25) is 4.90 Å². The molecule has 1 fully saturated rings. The van der Waals surface area contributed by atoms with Crippen LogP contribution in [0.5, 0.6) is 5.75 Å². The van der Waals surface area contributed by atoms with Crippen molar-refractivity contribution in [3.8, 4) is 16.9 Å². The second-order valence-electron chi connectivity index (χ2n) is 7.50. The summed E-state index contributed by atoms with van der Waals surface area (Å²) in [7, 11) is 0. The molecular weight excluding hydrogens is 417 g/mol. The van der Waals surface area contributed by atoms with Gasteiger partial charge >= 0.3 is 0 Å². The third kappa shape index (κ3) is 4.72. The van der Waals surface area contributed by atoms with Crippen molar-refractivity contribution in [2.75, 3.05) is 18.8 Å². The Kier molecular flexibility index (Phi) is 6.47. The summed E-state index contributed by atoms with van der Waals surface area (Å²) in [4.78, 5) is 6.71.